The maximum Gasteiger partial charge on any atom is 0.263 e. The van der Waals surface area contributed by atoms with Crippen LogP contribution in [-0.4, -0.2) is 53.2 Å². The lowest BCUT2D eigenvalue weighted by atomic mass is 10.1. The first kappa shape index (κ1) is 18.0. The van der Waals surface area contributed by atoms with Gasteiger partial charge in [0, 0.05) is 18.7 Å². The molecule has 134 valence electrons. The van der Waals surface area contributed by atoms with Gasteiger partial charge in [-0.3, -0.25) is 4.79 Å². The number of benzene rings is 1. The van der Waals surface area contributed by atoms with Crippen LogP contribution in [0.3, 0.4) is 0 Å². The fraction of sp³-hybridized carbons (Fsp3) is 0.444. The van der Waals surface area contributed by atoms with Gasteiger partial charge in [-0.1, -0.05) is 18.6 Å². The second-order valence-electron chi connectivity index (χ2n) is 6.23. The normalized spacial score (nSPS) is 16.6. The van der Waals surface area contributed by atoms with Gasteiger partial charge < -0.3 is 15.3 Å². The van der Waals surface area contributed by atoms with Gasteiger partial charge in [-0.05, 0) is 38.1 Å². The molecule has 1 aromatic carbocycles. The molecule has 5 nitrogen and oxygen atoms in total. The molecule has 1 unspecified atom stereocenters. The van der Waals surface area contributed by atoms with Crippen molar-refractivity contribution in [2.45, 2.75) is 25.4 Å². The first-order valence-electron chi connectivity index (χ1n) is 8.53. The summed E-state index contributed by atoms with van der Waals surface area (Å²) in [6, 6.07) is 6.35. The average molecular weight is 363 g/mol. The zero-order chi connectivity index (χ0) is 17.6. The number of nitrogens with one attached hydrogen (secondary N) is 1. The number of rotatable bonds is 6. The van der Waals surface area contributed by atoms with Crippen LogP contribution in [0.25, 0.3) is 10.6 Å². The Balaban J connectivity index is 1.52. The number of amides is 1. The predicted octanol–water partition coefficient (Wildman–Crippen LogP) is 2.53. The van der Waals surface area contributed by atoms with Crippen LogP contribution in [0.4, 0.5) is 4.39 Å². The molecule has 0 bridgehead atoms. The lowest BCUT2D eigenvalue weighted by Crippen LogP contribution is -2.41. The highest BCUT2D eigenvalue weighted by Gasteiger charge is 2.17. The molecule has 2 heterocycles. The minimum Gasteiger partial charge on any atom is -0.390 e. The number of aliphatic hydroxyl groups is 1. The summed E-state index contributed by atoms with van der Waals surface area (Å²) in [6.07, 6.45) is 4.43. The highest BCUT2D eigenvalue weighted by Crippen LogP contribution is 2.27. The molecule has 1 atom stereocenters. The first-order chi connectivity index (χ1) is 12.1. The molecule has 1 aliphatic heterocycles. The summed E-state index contributed by atoms with van der Waals surface area (Å²) >= 11 is 1.14. The number of carbonyl (C=O) groups is 1. The van der Waals surface area contributed by atoms with Crippen LogP contribution >= 0.6 is 11.3 Å². The number of β-amino-alcohol motifs (C(OH)–C–C–N with tert-alkyl or cyclic N) is 1. The van der Waals surface area contributed by atoms with Crippen LogP contribution in [0.1, 0.15) is 28.9 Å². The summed E-state index contributed by atoms with van der Waals surface area (Å²) in [5.74, 6) is -0.654. The summed E-state index contributed by atoms with van der Waals surface area (Å²) in [5, 5.41) is 13.3. The predicted molar refractivity (Wildman–Crippen MR) is 96.1 cm³/mol. The number of aliphatic hydroxyl groups excluding tert-OH is 1. The molecule has 1 aliphatic rings. The molecule has 1 fully saturated rings. The van der Waals surface area contributed by atoms with E-state index in [0.29, 0.717) is 22.0 Å². The first-order valence-corrected chi connectivity index (χ1v) is 9.34. The Labute approximate surface area is 150 Å². The monoisotopic (exact) mass is 363 g/mol. The number of carbonyl (C=O) groups excluding carboxylic acids is 1. The maximum absolute atomic E-state index is 13.8. The van der Waals surface area contributed by atoms with Crippen molar-refractivity contribution < 1.29 is 14.3 Å². The number of nitrogens with zero attached hydrogens (tertiary/aromatic N) is 2. The van der Waals surface area contributed by atoms with Crippen molar-refractivity contribution in [1.82, 2.24) is 15.2 Å². The van der Waals surface area contributed by atoms with Crippen LogP contribution < -0.4 is 5.32 Å². The van der Waals surface area contributed by atoms with Crippen molar-refractivity contribution in [2.24, 2.45) is 0 Å². The molecule has 7 heteroatoms. The van der Waals surface area contributed by atoms with Crippen LogP contribution in [0, 0.1) is 5.82 Å². The number of aromatic nitrogens is 1. The van der Waals surface area contributed by atoms with E-state index >= 15 is 0 Å². The molecule has 1 aromatic heterocycles. The lowest BCUT2D eigenvalue weighted by molar-refractivity contribution is 0.0833. The van der Waals surface area contributed by atoms with Gasteiger partial charge in [-0.25, -0.2) is 9.37 Å². The quantitative estimate of drug-likeness (QED) is 0.828. The molecular formula is C18H22FN3O2S. The Bertz CT molecular complexity index is 716. The molecule has 2 N–H and O–H groups in total. The molecule has 2 aromatic rings. The van der Waals surface area contributed by atoms with Gasteiger partial charge >= 0.3 is 0 Å². The summed E-state index contributed by atoms with van der Waals surface area (Å²) in [6.45, 7) is 2.78. The number of hydrogen-bond donors (Lipinski definition) is 2. The van der Waals surface area contributed by atoms with Crippen molar-refractivity contribution >= 4 is 17.2 Å². The number of thiazole rings is 1. The van der Waals surface area contributed by atoms with Crippen molar-refractivity contribution in [3.05, 3.63) is 41.2 Å². The standard InChI is InChI=1S/C18H22FN3O2S/c19-15-7-3-2-6-14(15)18-21-11-16(25-18)17(24)20-10-13(23)12-22-8-4-1-5-9-22/h2-3,6-7,11,13,23H,1,4-5,8-10,12H2,(H,20,24). The van der Waals surface area contributed by atoms with Crippen LogP contribution in [0.15, 0.2) is 30.5 Å². The van der Waals surface area contributed by atoms with E-state index in [0.717, 1.165) is 24.4 Å². The molecule has 0 aliphatic carbocycles. The zero-order valence-corrected chi connectivity index (χ0v) is 14.8. The van der Waals surface area contributed by atoms with E-state index < -0.39 is 6.10 Å². The molecular weight excluding hydrogens is 341 g/mol. The summed E-state index contributed by atoms with van der Waals surface area (Å²) < 4.78 is 13.8. The van der Waals surface area contributed by atoms with Gasteiger partial charge in [-0.15, -0.1) is 11.3 Å². The van der Waals surface area contributed by atoms with Crippen molar-refractivity contribution in [2.75, 3.05) is 26.2 Å². The highest BCUT2D eigenvalue weighted by atomic mass is 32.1. The summed E-state index contributed by atoms with van der Waals surface area (Å²) in [4.78, 5) is 19.0. The minimum atomic E-state index is -0.596. The van der Waals surface area contributed by atoms with E-state index in [1.807, 2.05) is 0 Å². The Kier molecular flexibility index (Phi) is 6.12. The second-order valence-corrected chi connectivity index (χ2v) is 7.27. The number of piperidine rings is 1. The molecule has 3 rings (SSSR count). The molecule has 0 saturated carbocycles. The Morgan fingerprint density at radius 2 is 2.08 bits per heavy atom. The third-order valence-electron chi connectivity index (χ3n) is 4.25. The molecule has 1 saturated heterocycles. The maximum atomic E-state index is 13.8. The van der Waals surface area contributed by atoms with Crippen molar-refractivity contribution in [3.63, 3.8) is 0 Å². The third-order valence-corrected chi connectivity index (χ3v) is 5.28. The van der Waals surface area contributed by atoms with Gasteiger partial charge in [-0.2, -0.15) is 0 Å². The molecule has 1 amide bonds. The summed E-state index contributed by atoms with van der Waals surface area (Å²) in [5.41, 5.74) is 0.386. The second kappa shape index (κ2) is 8.51. The van der Waals surface area contributed by atoms with E-state index in [4.69, 9.17) is 0 Å². The topological polar surface area (TPSA) is 65.5 Å². The van der Waals surface area contributed by atoms with E-state index in [2.05, 4.69) is 15.2 Å². The number of halogens is 1. The van der Waals surface area contributed by atoms with Gasteiger partial charge in [0.15, 0.2) is 0 Å². The SMILES string of the molecule is O=C(NCC(O)CN1CCCCC1)c1cnc(-c2ccccc2F)s1. The Morgan fingerprint density at radius 3 is 2.84 bits per heavy atom. The fourth-order valence-electron chi connectivity index (χ4n) is 2.94. The van der Waals surface area contributed by atoms with Crippen LogP contribution in [-0.2, 0) is 0 Å². The van der Waals surface area contributed by atoms with E-state index in [1.165, 1.54) is 31.5 Å². The van der Waals surface area contributed by atoms with Crippen molar-refractivity contribution in [1.29, 1.82) is 0 Å². The third kappa shape index (κ3) is 4.84. The van der Waals surface area contributed by atoms with E-state index in [-0.39, 0.29) is 18.3 Å². The number of likely N-dealkylation sites (tertiary alicyclic amines) is 1. The fourth-order valence-corrected chi connectivity index (χ4v) is 3.80. The smallest absolute Gasteiger partial charge is 0.263 e. The van der Waals surface area contributed by atoms with Gasteiger partial charge in [0.25, 0.3) is 5.91 Å². The van der Waals surface area contributed by atoms with Gasteiger partial charge in [0.2, 0.25) is 0 Å². The Hall–Kier alpha value is -1.83. The summed E-state index contributed by atoms with van der Waals surface area (Å²) in [7, 11) is 0. The largest absolute Gasteiger partial charge is 0.390 e. The number of hydrogen-bond acceptors (Lipinski definition) is 5. The molecule has 25 heavy (non-hydrogen) atoms. The van der Waals surface area contributed by atoms with E-state index in [9.17, 15) is 14.3 Å². The van der Waals surface area contributed by atoms with Gasteiger partial charge in [0.1, 0.15) is 15.7 Å². The highest BCUT2D eigenvalue weighted by molar-refractivity contribution is 7.16. The average Bonchev–Trinajstić information content (AvgIpc) is 3.11. The Morgan fingerprint density at radius 1 is 1.32 bits per heavy atom. The van der Waals surface area contributed by atoms with Crippen LogP contribution in [0.5, 0.6) is 0 Å². The van der Waals surface area contributed by atoms with E-state index in [1.54, 1.807) is 18.2 Å². The zero-order valence-electron chi connectivity index (χ0n) is 13.9. The van der Waals surface area contributed by atoms with Gasteiger partial charge in [0.05, 0.1) is 12.3 Å². The molecule has 0 radical (unpaired) electrons. The lowest BCUT2D eigenvalue weighted by Gasteiger charge is -2.28. The van der Waals surface area contributed by atoms with Crippen LogP contribution in [0.2, 0.25) is 0 Å². The van der Waals surface area contributed by atoms with Crippen molar-refractivity contribution in [3.8, 4) is 10.6 Å². The molecule has 0 spiro atoms. The minimum absolute atomic E-state index is 0.197.